The number of aromatic amines is 1. The molecule has 2 aromatic heterocycles. The van der Waals surface area contributed by atoms with Crippen LogP contribution in [0.25, 0.3) is 27.6 Å². The maximum Gasteiger partial charge on any atom is 0.336 e. The number of aromatic nitrogens is 2. The van der Waals surface area contributed by atoms with Gasteiger partial charge in [0.1, 0.15) is 0 Å². The van der Waals surface area contributed by atoms with Crippen molar-refractivity contribution in [2.75, 3.05) is 14.1 Å². The van der Waals surface area contributed by atoms with Crippen molar-refractivity contribution in [3.8, 4) is 0 Å². The Labute approximate surface area is 138 Å². The van der Waals surface area contributed by atoms with Crippen LogP contribution in [0, 0.1) is 0 Å². The van der Waals surface area contributed by atoms with Gasteiger partial charge in [-0.2, -0.15) is 0 Å². The van der Waals surface area contributed by atoms with E-state index in [2.05, 4.69) is 15.4 Å². The van der Waals surface area contributed by atoms with E-state index in [0.717, 1.165) is 28.0 Å². The predicted octanol–water partition coefficient (Wildman–Crippen LogP) is 2.40. The van der Waals surface area contributed by atoms with Gasteiger partial charge in [0.05, 0.1) is 28.0 Å². The standard InChI is InChI=1S/C17H17N5O2/c1-9-16(21(2)22(3)20-9)10-7-13-15(18-8-10)14-11(17(23)24)5-4-6-12(14)19-13/h4-8,19-20H,1-3H3,(H,23,24). The van der Waals surface area contributed by atoms with Crippen molar-refractivity contribution in [2.24, 2.45) is 0 Å². The van der Waals surface area contributed by atoms with Crippen molar-refractivity contribution in [1.82, 2.24) is 25.5 Å². The van der Waals surface area contributed by atoms with Crippen LogP contribution in [0.3, 0.4) is 0 Å². The molecule has 1 aliphatic heterocycles. The lowest BCUT2D eigenvalue weighted by molar-refractivity contribution is 0.0699. The highest BCUT2D eigenvalue weighted by Gasteiger charge is 2.23. The Morgan fingerprint density at radius 2 is 2.04 bits per heavy atom. The molecule has 0 saturated carbocycles. The number of H-pyrrole nitrogens is 1. The van der Waals surface area contributed by atoms with Gasteiger partial charge in [0.2, 0.25) is 0 Å². The molecule has 0 radical (unpaired) electrons. The molecule has 3 N–H and O–H groups in total. The number of carbonyl (C=O) groups is 1. The minimum Gasteiger partial charge on any atom is -0.478 e. The number of carboxylic acids is 1. The Hall–Kier alpha value is -3.06. The summed E-state index contributed by atoms with van der Waals surface area (Å²) in [6.07, 6.45) is 1.78. The molecular formula is C17H17N5O2. The monoisotopic (exact) mass is 323 g/mol. The van der Waals surface area contributed by atoms with Crippen molar-refractivity contribution >= 4 is 33.6 Å². The van der Waals surface area contributed by atoms with Gasteiger partial charge in [-0.3, -0.25) is 9.99 Å². The molecule has 0 aliphatic carbocycles. The zero-order valence-corrected chi connectivity index (χ0v) is 13.6. The summed E-state index contributed by atoms with van der Waals surface area (Å²) in [6, 6.07) is 7.21. The van der Waals surface area contributed by atoms with E-state index in [9.17, 15) is 9.90 Å². The van der Waals surface area contributed by atoms with E-state index in [4.69, 9.17) is 0 Å². The predicted molar refractivity (Wildman–Crippen MR) is 91.8 cm³/mol. The minimum atomic E-state index is -0.952. The molecule has 3 heterocycles. The van der Waals surface area contributed by atoms with Crippen LogP contribution in [0.2, 0.25) is 0 Å². The zero-order chi connectivity index (χ0) is 17.0. The van der Waals surface area contributed by atoms with Gasteiger partial charge in [0.15, 0.2) is 0 Å². The first kappa shape index (κ1) is 14.5. The lowest BCUT2D eigenvalue weighted by Crippen LogP contribution is -2.36. The Morgan fingerprint density at radius 1 is 1.25 bits per heavy atom. The molecule has 0 fully saturated rings. The van der Waals surface area contributed by atoms with Crippen LogP contribution in [0.15, 0.2) is 36.2 Å². The second kappa shape index (κ2) is 4.97. The number of allylic oxidation sites excluding steroid dienone is 1. The van der Waals surface area contributed by atoms with Gasteiger partial charge in [-0.1, -0.05) is 6.07 Å². The lowest BCUT2D eigenvalue weighted by atomic mass is 10.1. The molecular weight excluding hydrogens is 306 g/mol. The largest absolute Gasteiger partial charge is 0.478 e. The van der Waals surface area contributed by atoms with Crippen LogP contribution < -0.4 is 5.43 Å². The fourth-order valence-corrected chi connectivity index (χ4v) is 3.29. The fraction of sp³-hybridized carbons (Fsp3) is 0.176. The van der Waals surface area contributed by atoms with E-state index in [1.54, 1.807) is 18.3 Å². The van der Waals surface area contributed by atoms with E-state index < -0.39 is 5.97 Å². The number of fused-ring (bicyclic) bond motifs is 3. The van der Waals surface area contributed by atoms with Crippen molar-refractivity contribution in [2.45, 2.75) is 6.92 Å². The average molecular weight is 323 g/mol. The van der Waals surface area contributed by atoms with Crippen molar-refractivity contribution < 1.29 is 9.90 Å². The second-order valence-electron chi connectivity index (χ2n) is 5.91. The molecule has 4 rings (SSSR count). The summed E-state index contributed by atoms with van der Waals surface area (Å²) in [5.74, 6) is -0.952. The minimum absolute atomic E-state index is 0.258. The van der Waals surface area contributed by atoms with Crippen LogP contribution in [0.4, 0.5) is 0 Å². The van der Waals surface area contributed by atoms with Crippen LogP contribution in [0.1, 0.15) is 22.8 Å². The Morgan fingerprint density at radius 3 is 2.71 bits per heavy atom. The smallest absolute Gasteiger partial charge is 0.336 e. The van der Waals surface area contributed by atoms with E-state index in [1.807, 2.05) is 43.3 Å². The average Bonchev–Trinajstić information content (AvgIpc) is 3.03. The third-order valence-electron chi connectivity index (χ3n) is 4.42. The van der Waals surface area contributed by atoms with Gasteiger partial charge in [0.25, 0.3) is 0 Å². The van der Waals surface area contributed by atoms with Gasteiger partial charge >= 0.3 is 5.97 Å². The summed E-state index contributed by atoms with van der Waals surface area (Å²) in [5.41, 5.74) is 8.78. The third kappa shape index (κ3) is 1.95. The van der Waals surface area contributed by atoms with Gasteiger partial charge in [-0.15, -0.1) is 5.12 Å². The normalized spacial score (nSPS) is 15.5. The number of carboxylic acid groups (broad SMARTS) is 1. The fourth-order valence-electron chi connectivity index (χ4n) is 3.29. The molecule has 0 saturated heterocycles. The maximum absolute atomic E-state index is 11.5. The summed E-state index contributed by atoms with van der Waals surface area (Å²) in [5, 5.41) is 14.0. The molecule has 7 heteroatoms. The number of hydrogen-bond acceptors (Lipinski definition) is 5. The summed E-state index contributed by atoms with van der Waals surface area (Å²) in [6.45, 7) is 2.01. The molecule has 3 aromatic rings. The first-order valence-electron chi connectivity index (χ1n) is 7.56. The molecule has 0 spiro atoms. The van der Waals surface area contributed by atoms with Gasteiger partial charge in [-0.25, -0.2) is 4.79 Å². The number of nitrogens with zero attached hydrogens (tertiary/aromatic N) is 3. The maximum atomic E-state index is 11.5. The third-order valence-corrected chi connectivity index (χ3v) is 4.42. The van der Waals surface area contributed by atoms with E-state index in [-0.39, 0.29) is 5.56 Å². The quantitative estimate of drug-likeness (QED) is 0.671. The number of rotatable bonds is 2. The van der Waals surface area contributed by atoms with Crippen LogP contribution >= 0.6 is 0 Å². The molecule has 0 bridgehead atoms. The van der Waals surface area contributed by atoms with Gasteiger partial charge in [0, 0.05) is 36.8 Å². The van der Waals surface area contributed by atoms with Crippen LogP contribution in [0.5, 0.6) is 0 Å². The number of aromatic carboxylic acids is 1. The highest BCUT2D eigenvalue weighted by molar-refractivity contribution is 6.14. The molecule has 0 unspecified atom stereocenters. The molecule has 0 atom stereocenters. The second-order valence-corrected chi connectivity index (χ2v) is 5.91. The zero-order valence-electron chi connectivity index (χ0n) is 13.6. The van der Waals surface area contributed by atoms with E-state index in [1.165, 1.54) is 0 Å². The lowest BCUT2D eigenvalue weighted by Gasteiger charge is -2.23. The summed E-state index contributed by atoms with van der Waals surface area (Å²) < 4.78 is 0. The number of benzene rings is 1. The molecule has 1 aromatic carbocycles. The topological polar surface area (TPSA) is 84.5 Å². The number of hydrazine groups is 2. The van der Waals surface area contributed by atoms with Crippen molar-refractivity contribution in [3.05, 3.63) is 47.3 Å². The highest BCUT2D eigenvalue weighted by atomic mass is 16.4. The van der Waals surface area contributed by atoms with Gasteiger partial charge < -0.3 is 15.5 Å². The molecule has 24 heavy (non-hydrogen) atoms. The number of pyridine rings is 1. The summed E-state index contributed by atoms with van der Waals surface area (Å²) in [7, 11) is 3.90. The SMILES string of the molecule is CC1=C(c2cnc3c(c2)[nH]c2cccc(C(=O)O)c23)N(C)N(C)N1. The summed E-state index contributed by atoms with van der Waals surface area (Å²) >= 11 is 0. The Kier molecular flexibility index (Phi) is 3.01. The molecule has 7 nitrogen and oxygen atoms in total. The summed E-state index contributed by atoms with van der Waals surface area (Å²) in [4.78, 5) is 19.3. The molecule has 1 aliphatic rings. The van der Waals surface area contributed by atoms with E-state index >= 15 is 0 Å². The Bertz CT molecular complexity index is 1020. The van der Waals surface area contributed by atoms with Crippen molar-refractivity contribution in [3.63, 3.8) is 0 Å². The Balaban J connectivity index is 1.95. The highest BCUT2D eigenvalue weighted by Crippen LogP contribution is 2.31. The van der Waals surface area contributed by atoms with Crippen LogP contribution in [-0.4, -0.2) is 45.3 Å². The molecule has 122 valence electrons. The van der Waals surface area contributed by atoms with Crippen LogP contribution in [-0.2, 0) is 0 Å². The number of hydrogen-bond donors (Lipinski definition) is 3. The first-order valence-corrected chi connectivity index (χ1v) is 7.56. The number of nitrogens with one attached hydrogen (secondary N) is 2. The van der Waals surface area contributed by atoms with Gasteiger partial charge in [-0.05, 0) is 25.1 Å². The van der Waals surface area contributed by atoms with Crippen molar-refractivity contribution in [1.29, 1.82) is 0 Å². The van der Waals surface area contributed by atoms with E-state index in [0.29, 0.717) is 10.9 Å². The molecule has 0 amide bonds. The first-order chi connectivity index (χ1) is 11.5.